The molecule has 1 aromatic carbocycles. The minimum Gasteiger partial charge on any atom is -0.343 e. The Bertz CT molecular complexity index is 1040. The van der Waals surface area contributed by atoms with Gasteiger partial charge in [0.2, 0.25) is 5.91 Å². The van der Waals surface area contributed by atoms with Gasteiger partial charge in [0.05, 0.1) is 6.04 Å². The van der Waals surface area contributed by atoms with Gasteiger partial charge in [0.15, 0.2) is 0 Å². The first-order chi connectivity index (χ1) is 13.5. The van der Waals surface area contributed by atoms with E-state index in [1.54, 1.807) is 11.3 Å². The third kappa shape index (κ3) is 4.67. The molecule has 2 aromatic heterocycles. The maximum absolute atomic E-state index is 12.6. The van der Waals surface area contributed by atoms with Crippen molar-refractivity contribution >= 4 is 17.2 Å². The number of rotatable bonds is 7. The molecule has 0 saturated carbocycles. The quantitative estimate of drug-likeness (QED) is 0.643. The minimum atomic E-state index is -0.603. The molecule has 6 nitrogen and oxygen atoms in total. The highest BCUT2D eigenvalue weighted by Crippen LogP contribution is 2.28. The Morgan fingerprint density at radius 1 is 1.14 bits per heavy atom. The predicted molar refractivity (Wildman–Crippen MR) is 111 cm³/mol. The molecule has 0 bridgehead atoms. The highest BCUT2D eigenvalue weighted by Gasteiger charge is 2.19. The standard InChI is InChI=1S/C21H23N3O3S/c1-3-14(2)15-6-8-16(9-7-15)20(17-5-4-12-28-17)22-19(26)13-24-11-10-18(25)23-21(24)27/h4-12,14,20H,3,13H2,1-2H3,(H,22,26)(H,23,25,27)/t14-,20-/m1/s1. The Morgan fingerprint density at radius 3 is 2.46 bits per heavy atom. The summed E-state index contributed by atoms with van der Waals surface area (Å²) in [5.74, 6) is 0.175. The average Bonchev–Trinajstić information content (AvgIpc) is 3.22. The highest BCUT2D eigenvalue weighted by atomic mass is 32.1. The second kappa shape index (κ2) is 8.84. The first-order valence-electron chi connectivity index (χ1n) is 9.20. The van der Waals surface area contributed by atoms with Crippen LogP contribution in [0.1, 0.15) is 48.2 Å². The van der Waals surface area contributed by atoms with Gasteiger partial charge in [-0.05, 0) is 34.9 Å². The molecular formula is C21H23N3O3S. The Balaban J connectivity index is 1.82. The molecular weight excluding hydrogens is 374 g/mol. The third-order valence-electron chi connectivity index (χ3n) is 4.80. The number of hydrogen-bond donors (Lipinski definition) is 2. The highest BCUT2D eigenvalue weighted by molar-refractivity contribution is 7.10. The largest absolute Gasteiger partial charge is 0.343 e. The maximum Gasteiger partial charge on any atom is 0.328 e. The first kappa shape index (κ1) is 19.8. The molecule has 2 atom stereocenters. The number of nitrogens with zero attached hydrogens (tertiary/aromatic N) is 1. The lowest BCUT2D eigenvalue weighted by Crippen LogP contribution is -2.37. The Kier molecular flexibility index (Phi) is 6.26. The normalized spacial score (nSPS) is 13.1. The SMILES string of the molecule is CC[C@@H](C)c1ccc([C@@H](NC(=O)Cn2ccc(=O)[nH]c2=O)c2cccs2)cc1. The van der Waals surface area contributed by atoms with Crippen LogP contribution < -0.4 is 16.6 Å². The van der Waals surface area contributed by atoms with Gasteiger partial charge in [0.1, 0.15) is 6.54 Å². The number of hydrogen-bond acceptors (Lipinski definition) is 4. The number of thiophene rings is 1. The molecule has 2 N–H and O–H groups in total. The summed E-state index contributed by atoms with van der Waals surface area (Å²) in [5.41, 5.74) is 1.16. The van der Waals surface area contributed by atoms with Crippen LogP contribution in [0.4, 0.5) is 0 Å². The van der Waals surface area contributed by atoms with Gasteiger partial charge in [-0.1, -0.05) is 44.2 Å². The third-order valence-corrected chi connectivity index (χ3v) is 5.73. The smallest absolute Gasteiger partial charge is 0.328 e. The summed E-state index contributed by atoms with van der Waals surface area (Å²) >= 11 is 1.56. The van der Waals surface area contributed by atoms with E-state index >= 15 is 0 Å². The molecule has 2 heterocycles. The number of carbonyl (C=O) groups is 1. The summed E-state index contributed by atoms with van der Waals surface area (Å²) in [6, 6.07) is 13.1. The van der Waals surface area contributed by atoms with Crippen LogP contribution >= 0.6 is 11.3 Å². The van der Waals surface area contributed by atoms with E-state index in [0.29, 0.717) is 5.92 Å². The molecule has 146 valence electrons. The Morgan fingerprint density at radius 2 is 1.86 bits per heavy atom. The van der Waals surface area contributed by atoms with Crippen molar-refractivity contribution in [1.29, 1.82) is 0 Å². The monoisotopic (exact) mass is 397 g/mol. The van der Waals surface area contributed by atoms with E-state index < -0.39 is 11.2 Å². The van der Waals surface area contributed by atoms with Crippen molar-refractivity contribution in [3.8, 4) is 0 Å². The van der Waals surface area contributed by atoms with Gasteiger partial charge >= 0.3 is 5.69 Å². The molecule has 1 amide bonds. The lowest BCUT2D eigenvalue weighted by molar-refractivity contribution is -0.122. The van der Waals surface area contributed by atoms with E-state index in [1.165, 1.54) is 22.4 Å². The van der Waals surface area contributed by atoms with Crippen molar-refractivity contribution in [2.24, 2.45) is 0 Å². The molecule has 0 unspecified atom stereocenters. The summed E-state index contributed by atoms with van der Waals surface area (Å²) in [5, 5.41) is 4.98. The first-order valence-corrected chi connectivity index (χ1v) is 10.1. The van der Waals surface area contributed by atoms with E-state index in [1.807, 2.05) is 29.6 Å². The maximum atomic E-state index is 12.6. The molecule has 0 aliphatic rings. The molecule has 28 heavy (non-hydrogen) atoms. The summed E-state index contributed by atoms with van der Waals surface area (Å²) in [4.78, 5) is 38.8. The topological polar surface area (TPSA) is 84.0 Å². The van der Waals surface area contributed by atoms with Crippen molar-refractivity contribution in [2.45, 2.75) is 38.8 Å². The second-order valence-electron chi connectivity index (χ2n) is 6.73. The number of amides is 1. The van der Waals surface area contributed by atoms with Crippen molar-refractivity contribution in [2.75, 3.05) is 0 Å². The zero-order chi connectivity index (χ0) is 20.1. The van der Waals surface area contributed by atoms with Crippen LogP contribution in [0.15, 0.2) is 63.6 Å². The molecule has 7 heteroatoms. The van der Waals surface area contributed by atoms with Crippen molar-refractivity contribution in [3.05, 3.63) is 90.9 Å². The molecule has 0 radical (unpaired) electrons. The second-order valence-corrected chi connectivity index (χ2v) is 7.71. The molecule has 0 fully saturated rings. The zero-order valence-electron chi connectivity index (χ0n) is 15.8. The summed E-state index contributed by atoms with van der Waals surface area (Å²) in [6.45, 7) is 4.18. The number of H-pyrrole nitrogens is 1. The molecule has 0 aliphatic heterocycles. The summed E-state index contributed by atoms with van der Waals surface area (Å²) in [7, 11) is 0. The number of nitrogens with one attached hydrogen (secondary N) is 2. The zero-order valence-corrected chi connectivity index (χ0v) is 16.7. The molecule has 3 aromatic rings. The number of aromatic nitrogens is 2. The van der Waals surface area contributed by atoms with Crippen LogP contribution in [0.2, 0.25) is 0 Å². The molecule has 0 aliphatic carbocycles. The van der Waals surface area contributed by atoms with Gasteiger partial charge in [0, 0.05) is 17.1 Å². The number of benzene rings is 1. The van der Waals surface area contributed by atoms with E-state index in [-0.39, 0.29) is 18.5 Å². The fourth-order valence-electron chi connectivity index (χ4n) is 2.96. The van der Waals surface area contributed by atoms with Crippen molar-refractivity contribution in [3.63, 3.8) is 0 Å². The molecule has 3 rings (SSSR count). The van der Waals surface area contributed by atoms with Gasteiger partial charge in [-0.2, -0.15) is 0 Å². The van der Waals surface area contributed by atoms with E-state index in [0.717, 1.165) is 16.9 Å². The van der Waals surface area contributed by atoms with Gasteiger partial charge in [0.25, 0.3) is 5.56 Å². The predicted octanol–water partition coefficient (Wildman–Crippen LogP) is 3.02. The van der Waals surface area contributed by atoms with Crippen LogP contribution in [0.5, 0.6) is 0 Å². The summed E-state index contributed by atoms with van der Waals surface area (Å²) < 4.78 is 1.17. The molecule has 0 spiro atoms. The van der Waals surface area contributed by atoms with Gasteiger partial charge in [-0.15, -0.1) is 11.3 Å². The van der Waals surface area contributed by atoms with Crippen LogP contribution in [0.25, 0.3) is 0 Å². The van der Waals surface area contributed by atoms with Crippen LogP contribution in [0.3, 0.4) is 0 Å². The van der Waals surface area contributed by atoms with Crippen LogP contribution in [0, 0.1) is 0 Å². The number of carbonyl (C=O) groups excluding carboxylic acids is 1. The summed E-state index contributed by atoms with van der Waals surface area (Å²) in [6.07, 6.45) is 2.39. The van der Waals surface area contributed by atoms with Gasteiger partial charge in [-0.25, -0.2) is 4.79 Å². The van der Waals surface area contributed by atoms with Gasteiger partial charge < -0.3 is 5.32 Å². The van der Waals surface area contributed by atoms with E-state index in [2.05, 4.69) is 36.3 Å². The Labute approximate surface area is 166 Å². The van der Waals surface area contributed by atoms with E-state index in [9.17, 15) is 14.4 Å². The molecule has 0 saturated heterocycles. The number of aromatic amines is 1. The average molecular weight is 398 g/mol. The van der Waals surface area contributed by atoms with Gasteiger partial charge in [-0.3, -0.25) is 19.1 Å². The lowest BCUT2D eigenvalue weighted by atomic mass is 9.95. The van der Waals surface area contributed by atoms with E-state index in [4.69, 9.17) is 0 Å². The fourth-order valence-corrected chi connectivity index (χ4v) is 3.76. The fraction of sp³-hybridized carbons (Fsp3) is 0.286. The van der Waals surface area contributed by atoms with Crippen molar-refractivity contribution in [1.82, 2.24) is 14.9 Å². The minimum absolute atomic E-state index is 0.164. The van der Waals surface area contributed by atoms with Crippen LogP contribution in [-0.4, -0.2) is 15.5 Å². The lowest BCUT2D eigenvalue weighted by Gasteiger charge is -2.19. The van der Waals surface area contributed by atoms with Crippen molar-refractivity contribution < 1.29 is 4.79 Å². The Hall–Kier alpha value is -2.93. The van der Waals surface area contributed by atoms with Crippen LogP contribution in [-0.2, 0) is 11.3 Å².